The van der Waals surface area contributed by atoms with Gasteiger partial charge in [-0.05, 0) is 51.2 Å². The van der Waals surface area contributed by atoms with E-state index >= 15 is 0 Å². The summed E-state index contributed by atoms with van der Waals surface area (Å²) < 4.78 is 5.21. The Kier molecular flexibility index (Phi) is 6.15. The van der Waals surface area contributed by atoms with Crippen LogP contribution in [0.2, 0.25) is 0 Å². The predicted molar refractivity (Wildman–Crippen MR) is 59.3 cm³/mol. The molecule has 0 bridgehead atoms. The van der Waals surface area contributed by atoms with Gasteiger partial charge < -0.3 is 15.4 Å². The molecule has 0 spiro atoms. The van der Waals surface area contributed by atoms with Gasteiger partial charge in [0.1, 0.15) is 0 Å². The minimum atomic E-state index is 0.756. The summed E-state index contributed by atoms with van der Waals surface area (Å²) in [6.07, 6.45) is 5.07. The molecule has 0 saturated carbocycles. The fourth-order valence-electron chi connectivity index (χ4n) is 2.21. The maximum absolute atomic E-state index is 5.48. The van der Waals surface area contributed by atoms with Crippen LogP contribution in [0, 0.1) is 5.92 Å². The van der Waals surface area contributed by atoms with Crippen LogP contribution >= 0.6 is 0 Å². The fourth-order valence-corrected chi connectivity index (χ4v) is 2.21. The monoisotopic (exact) mass is 200 g/mol. The van der Waals surface area contributed by atoms with Crippen molar-refractivity contribution in [3.63, 3.8) is 0 Å². The molecule has 0 aromatic rings. The van der Waals surface area contributed by atoms with Crippen LogP contribution in [0.25, 0.3) is 0 Å². The molecule has 1 aliphatic heterocycles. The quantitative estimate of drug-likeness (QED) is 0.652. The maximum atomic E-state index is 5.48. The van der Waals surface area contributed by atoms with E-state index in [1.807, 2.05) is 0 Å². The summed E-state index contributed by atoms with van der Waals surface area (Å²) in [6, 6.07) is 0. The Bertz CT molecular complexity index is 139. The zero-order valence-electron chi connectivity index (χ0n) is 9.37. The van der Waals surface area contributed by atoms with Gasteiger partial charge in [0.15, 0.2) is 0 Å². The molecule has 1 fully saturated rings. The summed E-state index contributed by atoms with van der Waals surface area (Å²) in [6.45, 7) is 5.46. The largest absolute Gasteiger partial charge is 0.384 e. The molecule has 1 heterocycles. The molecule has 1 aliphatic rings. The number of piperidine rings is 1. The summed E-state index contributed by atoms with van der Waals surface area (Å²) in [4.78, 5) is 2.56. The van der Waals surface area contributed by atoms with Crippen LogP contribution in [0.1, 0.15) is 25.7 Å². The second-order valence-electron chi connectivity index (χ2n) is 4.26. The van der Waals surface area contributed by atoms with Gasteiger partial charge in [-0.1, -0.05) is 0 Å². The molecule has 0 aliphatic carbocycles. The van der Waals surface area contributed by atoms with Gasteiger partial charge in [-0.15, -0.1) is 0 Å². The van der Waals surface area contributed by atoms with Crippen LogP contribution in [0.15, 0.2) is 0 Å². The molecule has 1 atom stereocenters. The molecule has 14 heavy (non-hydrogen) atoms. The lowest BCUT2D eigenvalue weighted by Gasteiger charge is -2.32. The highest BCUT2D eigenvalue weighted by atomic mass is 16.5. The minimum Gasteiger partial charge on any atom is -0.384 e. The number of hydrogen-bond donors (Lipinski definition) is 1. The van der Waals surface area contributed by atoms with Gasteiger partial charge in [-0.2, -0.15) is 0 Å². The van der Waals surface area contributed by atoms with E-state index in [2.05, 4.69) is 4.90 Å². The van der Waals surface area contributed by atoms with Crippen molar-refractivity contribution >= 4 is 0 Å². The predicted octanol–water partition coefficient (Wildman–Crippen LogP) is 1.08. The van der Waals surface area contributed by atoms with E-state index in [1.165, 1.54) is 38.9 Å². The lowest BCUT2D eigenvalue weighted by atomic mass is 9.99. The van der Waals surface area contributed by atoms with Gasteiger partial charge >= 0.3 is 0 Å². The summed E-state index contributed by atoms with van der Waals surface area (Å²) in [5.41, 5.74) is 5.48. The van der Waals surface area contributed by atoms with Gasteiger partial charge in [0.2, 0.25) is 0 Å². The van der Waals surface area contributed by atoms with Gasteiger partial charge in [-0.3, -0.25) is 0 Å². The van der Waals surface area contributed by atoms with Crippen molar-refractivity contribution in [1.82, 2.24) is 4.90 Å². The van der Waals surface area contributed by atoms with Crippen LogP contribution in [0.4, 0.5) is 0 Å². The van der Waals surface area contributed by atoms with Gasteiger partial charge in [0.25, 0.3) is 0 Å². The third kappa shape index (κ3) is 4.40. The van der Waals surface area contributed by atoms with Gasteiger partial charge in [0.05, 0.1) is 6.61 Å². The first-order chi connectivity index (χ1) is 6.86. The van der Waals surface area contributed by atoms with Crippen LogP contribution in [0.3, 0.4) is 0 Å². The third-order valence-corrected chi connectivity index (χ3v) is 2.93. The standard InChI is InChI=1S/C11H24N2O/c1-14-10-11-5-4-8-13(9-11)7-3-2-6-12/h11H,2-10,12H2,1H3. The van der Waals surface area contributed by atoms with Crippen molar-refractivity contribution in [3.8, 4) is 0 Å². The maximum Gasteiger partial charge on any atom is 0.0502 e. The van der Waals surface area contributed by atoms with Crippen molar-refractivity contribution in [1.29, 1.82) is 0 Å². The first-order valence-corrected chi connectivity index (χ1v) is 5.78. The van der Waals surface area contributed by atoms with E-state index in [-0.39, 0.29) is 0 Å². The summed E-state index contributed by atoms with van der Waals surface area (Å²) in [5.74, 6) is 0.756. The normalized spacial score (nSPS) is 24.0. The molecule has 2 N–H and O–H groups in total. The molecule has 3 heteroatoms. The molecule has 0 amide bonds. The Morgan fingerprint density at radius 3 is 3.00 bits per heavy atom. The molecule has 0 aromatic heterocycles. The molecule has 3 nitrogen and oxygen atoms in total. The molecule has 1 rings (SSSR count). The van der Waals surface area contributed by atoms with E-state index in [9.17, 15) is 0 Å². The Morgan fingerprint density at radius 2 is 2.29 bits per heavy atom. The minimum absolute atomic E-state index is 0.756. The third-order valence-electron chi connectivity index (χ3n) is 2.93. The highest BCUT2D eigenvalue weighted by molar-refractivity contribution is 4.72. The number of likely N-dealkylation sites (tertiary alicyclic amines) is 1. The topological polar surface area (TPSA) is 38.5 Å². The van der Waals surface area contributed by atoms with Crippen molar-refractivity contribution in [3.05, 3.63) is 0 Å². The van der Waals surface area contributed by atoms with Crippen LogP contribution < -0.4 is 5.73 Å². The summed E-state index contributed by atoms with van der Waals surface area (Å²) in [5, 5.41) is 0. The number of rotatable bonds is 6. The van der Waals surface area contributed by atoms with Crippen molar-refractivity contribution in [2.75, 3.05) is 39.9 Å². The van der Waals surface area contributed by atoms with E-state index in [0.29, 0.717) is 0 Å². The summed E-state index contributed by atoms with van der Waals surface area (Å²) >= 11 is 0. The lowest BCUT2D eigenvalue weighted by Crippen LogP contribution is -2.37. The average Bonchev–Trinajstić information content (AvgIpc) is 2.19. The van der Waals surface area contributed by atoms with Crippen LogP contribution in [0.5, 0.6) is 0 Å². The number of hydrogen-bond acceptors (Lipinski definition) is 3. The second kappa shape index (κ2) is 7.21. The first kappa shape index (κ1) is 12.0. The Hall–Kier alpha value is -0.120. The number of ether oxygens (including phenoxy) is 1. The SMILES string of the molecule is COCC1CCCN(CCCCN)C1. The molecule has 1 unspecified atom stereocenters. The molecule has 0 radical (unpaired) electrons. The van der Waals surface area contributed by atoms with Crippen LogP contribution in [-0.4, -0.2) is 44.8 Å². The molecular formula is C11H24N2O. The number of nitrogens with zero attached hydrogens (tertiary/aromatic N) is 1. The van der Waals surface area contributed by atoms with E-state index in [1.54, 1.807) is 7.11 Å². The fraction of sp³-hybridized carbons (Fsp3) is 1.00. The van der Waals surface area contributed by atoms with Gasteiger partial charge in [0, 0.05) is 13.7 Å². The zero-order valence-corrected chi connectivity index (χ0v) is 9.37. The van der Waals surface area contributed by atoms with Crippen LogP contribution in [-0.2, 0) is 4.74 Å². The number of methoxy groups -OCH3 is 1. The highest BCUT2D eigenvalue weighted by Crippen LogP contribution is 2.16. The summed E-state index contributed by atoms with van der Waals surface area (Å²) in [7, 11) is 1.80. The Labute approximate surface area is 87.6 Å². The lowest BCUT2D eigenvalue weighted by molar-refractivity contribution is 0.0900. The van der Waals surface area contributed by atoms with Crippen molar-refractivity contribution < 1.29 is 4.74 Å². The Morgan fingerprint density at radius 1 is 1.43 bits per heavy atom. The first-order valence-electron chi connectivity index (χ1n) is 5.78. The Balaban J connectivity index is 2.12. The van der Waals surface area contributed by atoms with Crippen molar-refractivity contribution in [2.24, 2.45) is 11.7 Å². The molecule has 1 saturated heterocycles. The highest BCUT2D eigenvalue weighted by Gasteiger charge is 2.18. The molecule has 84 valence electrons. The van der Waals surface area contributed by atoms with E-state index in [0.717, 1.165) is 25.5 Å². The number of nitrogens with two attached hydrogens (primary N) is 1. The number of unbranched alkanes of at least 4 members (excludes halogenated alkanes) is 1. The zero-order chi connectivity index (χ0) is 10.2. The smallest absolute Gasteiger partial charge is 0.0502 e. The van der Waals surface area contributed by atoms with Crippen molar-refractivity contribution in [2.45, 2.75) is 25.7 Å². The van der Waals surface area contributed by atoms with E-state index < -0.39 is 0 Å². The van der Waals surface area contributed by atoms with E-state index in [4.69, 9.17) is 10.5 Å². The average molecular weight is 200 g/mol. The molecule has 0 aromatic carbocycles. The van der Waals surface area contributed by atoms with Gasteiger partial charge in [-0.25, -0.2) is 0 Å². The second-order valence-corrected chi connectivity index (χ2v) is 4.26. The molecular weight excluding hydrogens is 176 g/mol.